The largest absolute Gasteiger partial charge is 0.508 e. The minimum Gasteiger partial charge on any atom is -0.508 e. The van der Waals surface area contributed by atoms with Crippen molar-refractivity contribution in [2.45, 2.75) is 44.7 Å². The molecule has 0 bridgehead atoms. The number of benzene rings is 4. The SMILES string of the molecule is O=C1CCC(N2Cc3cc(CCCOCCOc4ccc(Oc5c(-c6ccc(Br)cc6)sc6cc(O)ccc56)cc4)ccc3C2=O)C(=O)C1. The van der Waals surface area contributed by atoms with Crippen molar-refractivity contribution in [1.82, 2.24) is 4.90 Å². The second-order valence-corrected chi connectivity index (χ2v) is 14.2. The number of fused-ring (bicyclic) bond motifs is 2. The Morgan fingerprint density at radius 3 is 2.47 bits per heavy atom. The average Bonchev–Trinajstić information content (AvgIpc) is 3.61. The molecule has 1 N–H and O–H groups in total. The van der Waals surface area contributed by atoms with Crippen LogP contribution in [0.2, 0.25) is 0 Å². The van der Waals surface area contributed by atoms with Crippen molar-refractivity contribution in [3.63, 3.8) is 0 Å². The number of aryl methyl sites for hydroxylation is 1. The lowest BCUT2D eigenvalue weighted by Crippen LogP contribution is -2.44. The van der Waals surface area contributed by atoms with Gasteiger partial charge >= 0.3 is 0 Å². The predicted molar refractivity (Wildman–Crippen MR) is 192 cm³/mol. The number of halogens is 1. The number of ketones is 2. The third kappa shape index (κ3) is 7.41. The van der Waals surface area contributed by atoms with Gasteiger partial charge in [0.25, 0.3) is 5.91 Å². The van der Waals surface area contributed by atoms with E-state index in [4.69, 9.17) is 14.2 Å². The van der Waals surface area contributed by atoms with Gasteiger partial charge in [-0.25, -0.2) is 0 Å². The van der Waals surface area contributed by atoms with Crippen LogP contribution in [0.1, 0.15) is 47.2 Å². The molecule has 250 valence electrons. The van der Waals surface area contributed by atoms with Crippen molar-refractivity contribution in [3.05, 3.63) is 106 Å². The highest BCUT2D eigenvalue weighted by atomic mass is 79.9. The van der Waals surface area contributed by atoms with Crippen LogP contribution >= 0.6 is 27.3 Å². The Bertz CT molecular complexity index is 2020. The third-order valence-corrected chi connectivity index (χ3v) is 10.6. The molecular formula is C39H34BrNO7S. The number of Topliss-reactive ketones (excluding diaryl/α,β-unsaturated/α-hetero) is 2. The zero-order chi connectivity index (χ0) is 33.9. The Kier molecular flexibility index (Phi) is 9.79. The van der Waals surface area contributed by atoms with Crippen LogP contribution in [0.3, 0.4) is 0 Å². The van der Waals surface area contributed by atoms with E-state index in [2.05, 4.69) is 22.0 Å². The first kappa shape index (κ1) is 33.0. The average molecular weight is 741 g/mol. The molecule has 1 aliphatic carbocycles. The number of phenols is 1. The fraction of sp³-hybridized carbons (Fsp3) is 0.256. The number of nitrogens with zero attached hydrogens (tertiary/aromatic N) is 1. The quantitative estimate of drug-likeness (QED) is 0.101. The number of carbonyl (C=O) groups is 3. The van der Waals surface area contributed by atoms with E-state index in [0.29, 0.717) is 56.3 Å². The van der Waals surface area contributed by atoms with E-state index < -0.39 is 6.04 Å². The van der Waals surface area contributed by atoms with Crippen molar-refractivity contribution in [2.24, 2.45) is 0 Å². The highest BCUT2D eigenvalue weighted by molar-refractivity contribution is 9.10. The summed E-state index contributed by atoms with van der Waals surface area (Å²) in [5.41, 5.74) is 3.74. The van der Waals surface area contributed by atoms with Crippen LogP contribution in [0.15, 0.2) is 89.4 Å². The molecule has 2 heterocycles. The normalized spacial score (nSPS) is 16.0. The molecule has 1 aromatic heterocycles. The highest BCUT2D eigenvalue weighted by Crippen LogP contribution is 2.47. The number of rotatable bonds is 12. The lowest BCUT2D eigenvalue weighted by molar-refractivity contribution is -0.133. The van der Waals surface area contributed by atoms with Gasteiger partial charge < -0.3 is 24.2 Å². The van der Waals surface area contributed by atoms with Crippen LogP contribution in [0, 0.1) is 0 Å². The topological polar surface area (TPSA) is 102 Å². The van der Waals surface area contributed by atoms with E-state index in [1.54, 1.807) is 28.4 Å². The first-order valence-corrected chi connectivity index (χ1v) is 17.9. The number of hydrogen-bond acceptors (Lipinski definition) is 8. The van der Waals surface area contributed by atoms with Gasteiger partial charge in [-0.3, -0.25) is 14.4 Å². The molecule has 1 saturated carbocycles. The summed E-state index contributed by atoms with van der Waals surface area (Å²) in [7, 11) is 0. The first-order valence-electron chi connectivity index (χ1n) is 16.3. The minimum absolute atomic E-state index is 0.0410. The smallest absolute Gasteiger partial charge is 0.255 e. The number of ether oxygens (including phenoxy) is 3. The maximum Gasteiger partial charge on any atom is 0.255 e. The second kappa shape index (κ2) is 14.5. The molecule has 49 heavy (non-hydrogen) atoms. The van der Waals surface area contributed by atoms with E-state index in [0.717, 1.165) is 54.7 Å². The summed E-state index contributed by atoms with van der Waals surface area (Å²) in [4.78, 5) is 39.6. The molecule has 4 aromatic carbocycles. The monoisotopic (exact) mass is 739 g/mol. The summed E-state index contributed by atoms with van der Waals surface area (Å²) in [6, 6.07) is 26.3. The molecule has 1 atom stereocenters. The molecule has 1 aliphatic heterocycles. The minimum atomic E-state index is -0.497. The maximum atomic E-state index is 12.9. The van der Waals surface area contributed by atoms with Gasteiger partial charge in [-0.1, -0.05) is 40.2 Å². The van der Waals surface area contributed by atoms with Crippen LogP contribution in [0.5, 0.6) is 23.0 Å². The van der Waals surface area contributed by atoms with Gasteiger partial charge in [0.05, 0.1) is 23.9 Å². The Labute approximate surface area is 296 Å². The van der Waals surface area contributed by atoms with E-state index in [9.17, 15) is 19.5 Å². The second-order valence-electron chi connectivity index (χ2n) is 12.2. The number of hydrogen-bond donors (Lipinski definition) is 1. The molecule has 0 radical (unpaired) electrons. The molecule has 7 rings (SSSR count). The van der Waals surface area contributed by atoms with Crippen LogP contribution in [0.4, 0.5) is 0 Å². The van der Waals surface area contributed by atoms with Crippen LogP contribution in [0.25, 0.3) is 20.5 Å². The van der Waals surface area contributed by atoms with Gasteiger partial charge in [0, 0.05) is 39.7 Å². The molecule has 0 spiro atoms. The van der Waals surface area contributed by atoms with Gasteiger partial charge in [0.1, 0.15) is 29.6 Å². The van der Waals surface area contributed by atoms with Gasteiger partial charge in [-0.15, -0.1) is 11.3 Å². The maximum absolute atomic E-state index is 12.9. The van der Waals surface area contributed by atoms with E-state index in [1.165, 1.54) is 0 Å². The number of thiophene rings is 1. The molecular weight excluding hydrogens is 706 g/mol. The fourth-order valence-corrected chi connectivity index (χ4v) is 7.80. The number of amides is 1. The van der Waals surface area contributed by atoms with Crippen molar-refractivity contribution in [1.29, 1.82) is 0 Å². The van der Waals surface area contributed by atoms with Crippen molar-refractivity contribution >= 4 is 54.8 Å². The Hall–Kier alpha value is -4.51. The Morgan fingerprint density at radius 2 is 1.67 bits per heavy atom. The number of carbonyl (C=O) groups excluding carboxylic acids is 3. The summed E-state index contributed by atoms with van der Waals surface area (Å²) >= 11 is 5.08. The zero-order valence-electron chi connectivity index (χ0n) is 26.7. The summed E-state index contributed by atoms with van der Waals surface area (Å²) in [5.74, 6) is 2.04. The number of phenolic OH excluding ortho intramolecular Hbond substituents is 1. The molecule has 8 nitrogen and oxygen atoms in total. The molecule has 1 unspecified atom stereocenters. The summed E-state index contributed by atoms with van der Waals surface area (Å²) in [6.07, 6.45) is 2.33. The van der Waals surface area contributed by atoms with Crippen LogP contribution in [-0.4, -0.2) is 53.3 Å². The van der Waals surface area contributed by atoms with Crippen molar-refractivity contribution < 1.29 is 33.7 Å². The third-order valence-electron chi connectivity index (χ3n) is 8.85. The van der Waals surface area contributed by atoms with Gasteiger partial charge in [0.2, 0.25) is 0 Å². The summed E-state index contributed by atoms with van der Waals surface area (Å²) in [5, 5.41) is 11.0. The van der Waals surface area contributed by atoms with Crippen molar-refractivity contribution in [3.8, 4) is 33.4 Å². The highest BCUT2D eigenvalue weighted by Gasteiger charge is 2.38. The predicted octanol–water partition coefficient (Wildman–Crippen LogP) is 8.50. The molecule has 2 aliphatic rings. The summed E-state index contributed by atoms with van der Waals surface area (Å²) < 4.78 is 20.1. The molecule has 1 amide bonds. The van der Waals surface area contributed by atoms with E-state index >= 15 is 0 Å². The van der Waals surface area contributed by atoms with Gasteiger partial charge in [-0.05, 0) is 96.6 Å². The molecule has 5 aromatic rings. The van der Waals surface area contributed by atoms with Crippen molar-refractivity contribution in [2.75, 3.05) is 19.8 Å². The van der Waals surface area contributed by atoms with Crippen LogP contribution < -0.4 is 9.47 Å². The molecule has 0 saturated heterocycles. The standard InChI is InChI=1S/C39H34BrNO7S/c40-27-6-4-25(5-7-27)38-37(33-15-8-29(43)22-36(33)49-38)48-31-12-10-30(11-13-31)47-19-18-46-17-1-2-24-3-14-32-26(20-24)23-41(39(32)45)34-16-9-28(42)21-35(34)44/h3-8,10-15,20,22,34,43H,1-2,9,16-19,21,23H2. The Balaban J connectivity index is 0.866. The molecule has 10 heteroatoms. The van der Waals surface area contributed by atoms with Crippen LogP contribution in [-0.2, 0) is 27.3 Å². The summed E-state index contributed by atoms with van der Waals surface area (Å²) in [6.45, 7) is 1.86. The fourth-order valence-electron chi connectivity index (χ4n) is 6.37. The van der Waals surface area contributed by atoms with Gasteiger partial charge in [-0.2, -0.15) is 0 Å². The molecule has 1 fully saturated rings. The Morgan fingerprint density at radius 1 is 0.878 bits per heavy atom. The lowest BCUT2D eigenvalue weighted by atomic mass is 9.92. The van der Waals surface area contributed by atoms with Gasteiger partial charge in [0.15, 0.2) is 11.5 Å². The first-order chi connectivity index (χ1) is 23.8. The zero-order valence-corrected chi connectivity index (χ0v) is 29.1. The van der Waals surface area contributed by atoms with E-state index in [-0.39, 0.29) is 29.6 Å². The lowest BCUT2D eigenvalue weighted by Gasteiger charge is -2.29. The van der Waals surface area contributed by atoms with E-state index in [1.807, 2.05) is 66.7 Å². The number of aromatic hydroxyl groups is 1.